The van der Waals surface area contributed by atoms with Gasteiger partial charge in [0.15, 0.2) is 11.3 Å². The quantitative estimate of drug-likeness (QED) is 0.537. The Kier molecular flexibility index (Phi) is 4.44. The van der Waals surface area contributed by atoms with Gasteiger partial charge in [0, 0.05) is 21.5 Å². The first kappa shape index (κ1) is 16.1. The fourth-order valence-corrected chi connectivity index (χ4v) is 3.99. The molecule has 0 bridgehead atoms. The highest BCUT2D eigenvalue weighted by molar-refractivity contribution is 7.19. The Balaban J connectivity index is 1.41. The molecular weight excluding hydrogens is 334 g/mol. The molecule has 4 rings (SSSR count). The number of fused-ring (bicyclic) bond motifs is 2. The van der Waals surface area contributed by atoms with Crippen LogP contribution in [0.3, 0.4) is 0 Å². The summed E-state index contributed by atoms with van der Waals surface area (Å²) < 4.78 is 12.4. The summed E-state index contributed by atoms with van der Waals surface area (Å²) in [5, 5.41) is 15.9. The summed E-state index contributed by atoms with van der Waals surface area (Å²) in [5.74, 6) is 1.55. The second-order valence-electron chi connectivity index (χ2n) is 5.92. The van der Waals surface area contributed by atoms with Gasteiger partial charge in [0.1, 0.15) is 11.9 Å². The molecule has 0 spiro atoms. The van der Waals surface area contributed by atoms with E-state index < -0.39 is 6.10 Å². The zero-order valence-electron chi connectivity index (χ0n) is 13.9. The van der Waals surface area contributed by atoms with E-state index in [0.717, 1.165) is 27.4 Å². The molecule has 2 heterocycles. The highest BCUT2D eigenvalue weighted by Crippen LogP contribution is 2.30. The third kappa shape index (κ3) is 3.26. The summed E-state index contributed by atoms with van der Waals surface area (Å²) in [6.45, 7) is 1.03. The smallest absolute Gasteiger partial charge is 0.176 e. The van der Waals surface area contributed by atoms with Crippen molar-refractivity contribution in [1.82, 2.24) is 5.32 Å². The maximum absolute atomic E-state index is 10.4. The van der Waals surface area contributed by atoms with Crippen LogP contribution in [0.5, 0.6) is 5.75 Å². The Morgan fingerprint density at radius 2 is 1.96 bits per heavy atom. The van der Waals surface area contributed by atoms with Crippen molar-refractivity contribution in [3.63, 3.8) is 0 Å². The van der Waals surface area contributed by atoms with Crippen LogP contribution in [-0.4, -0.2) is 18.8 Å². The molecule has 25 heavy (non-hydrogen) atoms. The van der Waals surface area contributed by atoms with Crippen molar-refractivity contribution in [1.29, 1.82) is 0 Å². The Hall–Kier alpha value is -2.34. The van der Waals surface area contributed by atoms with Gasteiger partial charge >= 0.3 is 0 Å². The number of methoxy groups -OCH3 is 1. The maximum atomic E-state index is 10.4. The number of ether oxygens (including phenoxy) is 1. The minimum absolute atomic E-state index is 0.473. The van der Waals surface area contributed by atoms with E-state index in [0.29, 0.717) is 13.1 Å². The number of para-hydroxylation sites is 1. The molecule has 2 aromatic carbocycles. The summed E-state index contributed by atoms with van der Waals surface area (Å²) in [6.07, 6.45) is -0.531. The normalized spacial score (nSPS) is 12.7. The first-order valence-electron chi connectivity index (χ1n) is 8.17. The number of benzene rings is 2. The van der Waals surface area contributed by atoms with Gasteiger partial charge < -0.3 is 19.6 Å². The molecule has 4 nitrogen and oxygen atoms in total. The maximum Gasteiger partial charge on any atom is 0.176 e. The molecule has 5 heteroatoms. The van der Waals surface area contributed by atoms with Crippen LogP contribution in [0.4, 0.5) is 0 Å². The van der Waals surface area contributed by atoms with E-state index in [1.807, 2.05) is 36.4 Å². The number of rotatable bonds is 6. The molecule has 0 amide bonds. The lowest BCUT2D eigenvalue weighted by Gasteiger charge is -2.08. The zero-order valence-corrected chi connectivity index (χ0v) is 14.7. The van der Waals surface area contributed by atoms with Crippen molar-refractivity contribution >= 4 is 32.4 Å². The minimum atomic E-state index is -0.531. The van der Waals surface area contributed by atoms with E-state index in [9.17, 15) is 5.11 Å². The second kappa shape index (κ2) is 6.88. The predicted octanol–water partition coefficient (Wildman–Crippen LogP) is 4.48. The predicted molar refractivity (Wildman–Crippen MR) is 101 cm³/mol. The van der Waals surface area contributed by atoms with Crippen LogP contribution in [0.1, 0.15) is 16.7 Å². The number of furan rings is 1. The Labute approximate surface area is 149 Å². The lowest BCUT2D eigenvalue weighted by Crippen LogP contribution is -2.20. The summed E-state index contributed by atoms with van der Waals surface area (Å²) in [5.41, 5.74) is 0.756. The number of thiophene rings is 1. The van der Waals surface area contributed by atoms with Crippen molar-refractivity contribution < 1.29 is 14.3 Å². The van der Waals surface area contributed by atoms with Crippen LogP contribution in [0.2, 0.25) is 0 Å². The summed E-state index contributed by atoms with van der Waals surface area (Å²) in [4.78, 5) is 0.972. The van der Waals surface area contributed by atoms with Crippen molar-refractivity contribution in [2.45, 2.75) is 12.6 Å². The molecule has 128 valence electrons. The van der Waals surface area contributed by atoms with Gasteiger partial charge in [-0.3, -0.25) is 0 Å². The lowest BCUT2D eigenvalue weighted by atomic mass is 10.2. The number of aliphatic hydroxyl groups excluding tert-OH is 1. The molecule has 0 aliphatic rings. The largest absolute Gasteiger partial charge is 0.493 e. The molecule has 0 fully saturated rings. The molecule has 0 saturated carbocycles. The highest BCUT2D eigenvalue weighted by atomic mass is 32.1. The van der Waals surface area contributed by atoms with Crippen molar-refractivity contribution in [2.75, 3.05) is 13.7 Å². The van der Waals surface area contributed by atoms with Gasteiger partial charge in [0.2, 0.25) is 0 Å². The molecule has 4 aromatic rings. The highest BCUT2D eigenvalue weighted by Gasteiger charge is 2.12. The average Bonchev–Trinajstić information content (AvgIpc) is 3.24. The second-order valence-corrected chi connectivity index (χ2v) is 7.04. The van der Waals surface area contributed by atoms with Crippen LogP contribution >= 0.6 is 11.3 Å². The van der Waals surface area contributed by atoms with Crippen LogP contribution in [-0.2, 0) is 6.54 Å². The van der Waals surface area contributed by atoms with Gasteiger partial charge in [-0.2, -0.15) is 0 Å². The summed E-state index contributed by atoms with van der Waals surface area (Å²) in [6, 6.07) is 18.0. The summed E-state index contributed by atoms with van der Waals surface area (Å²) in [7, 11) is 1.64. The molecule has 0 radical (unpaired) electrons. The Bertz CT molecular complexity index is 971. The Morgan fingerprint density at radius 3 is 2.80 bits per heavy atom. The molecule has 0 saturated heterocycles. The van der Waals surface area contributed by atoms with Crippen LogP contribution < -0.4 is 10.1 Å². The van der Waals surface area contributed by atoms with E-state index in [2.05, 4.69) is 23.5 Å². The molecule has 0 aliphatic carbocycles. The van der Waals surface area contributed by atoms with Gasteiger partial charge in [0.05, 0.1) is 13.7 Å². The topological polar surface area (TPSA) is 54.6 Å². The zero-order chi connectivity index (χ0) is 17.2. The number of hydrogen-bond acceptors (Lipinski definition) is 5. The number of hydrogen-bond donors (Lipinski definition) is 2. The van der Waals surface area contributed by atoms with Crippen LogP contribution in [0, 0.1) is 0 Å². The molecule has 2 aromatic heterocycles. The van der Waals surface area contributed by atoms with Gasteiger partial charge in [-0.05, 0) is 29.7 Å². The number of nitrogens with one attached hydrogen (secondary N) is 1. The number of aliphatic hydroxyl groups is 1. The van der Waals surface area contributed by atoms with Crippen LogP contribution in [0.25, 0.3) is 21.1 Å². The minimum Gasteiger partial charge on any atom is -0.493 e. The van der Waals surface area contributed by atoms with E-state index in [1.165, 1.54) is 10.1 Å². The standard InChI is InChI=1S/C20H19NO3S/c1-23-17-7-4-6-14-9-15(24-20(14)17)11-21-12-16(22)19-10-13-5-2-3-8-18(13)25-19/h2-10,16,21-22H,11-12H2,1H3. The molecule has 1 unspecified atom stereocenters. The van der Waals surface area contributed by atoms with Crippen molar-refractivity contribution in [2.24, 2.45) is 0 Å². The third-order valence-electron chi connectivity index (χ3n) is 4.19. The van der Waals surface area contributed by atoms with Gasteiger partial charge in [-0.25, -0.2) is 0 Å². The fraction of sp³-hybridized carbons (Fsp3) is 0.200. The molecule has 1 atom stereocenters. The van der Waals surface area contributed by atoms with Gasteiger partial charge in [-0.1, -0.05) is 30.3 Å². The molecular formula is C20H19NO3S. The van der Waals surface area contributed by atoms with E-state index in [-0.39, 0.29) is 0 Å². The van der Waals surface area contributed by atoms with E-state index >= 15 is 0 Å². The SMILES string of the molecule is COc1cccc2cc(CNCC(O)c3cc4ccccc4s3)oc12. The van der Waals surface area contributed by atoms with Crippen LogP contribution in [0.15, 0.2) is 59.0 Å². The average molecular weight is 353 g/mol. The monoisotopic (exact) mass is 353 g/mol. The van der Waals surface area contributed by atoms with Crippen molar-refractivity contribution in [3.8, 4) is 5.75 Å². The van der Waals surface area contributed by atoms with E-state index in [1.54, 1.807) is 18.4 Å². The fourth-order valence-electron chi connectivity index (χ4n) is 2.94. The van der Waals surface area contributed by atoms with Crippen molar-refractivity contribution in [3.05, 3.63) is 65.2 Å². The molecule has 0 aliphatic heterocycles. The lowest BCUT2D eigenvalue weighted by molar-refractivity contribution is 0.177. The van der Waals surface area contributed by atoms with Gasteiger partial charge in [0.25, 0.3) is 0 Å². The first-order valence-corrected chi connectivity index (χ1v) is 8.99. The third-order valence-corrected chi connectivity index (χ3v) is 5.41. The first-order chi connectivity index (χ1) is 12.2. The van der Waals surface area contributed by atoms with Gasteiger partial charge in [-0.15, -0.1) is 11.3 Å². The Morgan fingerprint density at radius 1 is 1.12 bits per heavy atom. The van der Waals surface area contributed by atoms with E-state index in [4.69, 9.17) is 9.15 Å². The summed E-state index contributed by atoms with van der Waals surface area (Å²) >= 11 is 1.63. The molecule has 2 N–H and O–H groups in total.